The first kappa shape index (κ1) is 16.0. The third-order valence-corrected chi connectivity index (χ3v) is 4.74. The fourth-order valence-electron chi connectivity index (χ4n) is 2.99. The van der Waals surface area contributed by atoms with Crippen molar-refractivity contribution in [2.75, 3.05) is 13.1 Å². The summed E-state index contributed by atoms with van der Waals surface area (Å²) < 4.78 is 6.02. The maximum Gasteiger partial charge on any atom is 0.130 e. The Bertz CT molecular complexity index is 643. The van der Waals surface area contributed by atoms with Crippen LogP contribution in [0.15, 0.2) is 42.5 Å². The van der Waals surface area contributed by atoms with Crippen molar-refractivity contribution in [1.82, 2.24) is 4.90 Å². The molecular weight excluding hydrogens is 284 g/mol. The van der Waals surface area contributed by atoms with Crippen molar-refractivity contribution < 1.29 is 4.74 Å². The molecule has 1 saturated heterocycles. The molecule has 0 bridgehead atoms. The molecule has 0 saturated carbocycles. The number of likely N-dealkylation sites (tertiary alicyclic amines) is 1. The summed E-state index contributed by atoms with van der Waals surface area (Å²) in [7, 11) is 0. The summed E-state index contributed by atoms with van der Waals surface area (Å²) in [6.45, 7) is 7.40. The van der Waals surface area contributed by atoms with Crippen LogP contribution in [0.2, 0.25) is 0 Å². The van der Waals surface area contributed by atoms with Crippen molar-refractivity contribution in [3.8, 4) is 11.5 Å². The van der Waals surface area contributed by atoms with Gasteiger partial charge >= 0.3 is 0 Å². The highest BCUT2D eigenvalue weighted by molar-refractivity contribution is 5.41. The predicted octanol–water partition coefficient (Wildman–Crippen LogP) is 4.02. The number of piperidine rings is 1. The van der Waals surface area contributed by atoms with E-state index in [2.05, 4.69) is 49.1 Å². The number of aryl methyl sites for hydroxylation is 1. The van der Waals surface area contributed by atoms with Gasteiger partial charge in [-0.3, -0.25) is 4.90 Å². The minimum absolute atomic E-state index is 0.389. The quantitative estimate of drug-likeness (QED) is 0.927. The van der Waals surface area contributed by atoms with Gasteiger partial charge in [0.25, 0.3) is 0 Å². The van der Waals surface area contributed by atoms with Gasteiger partial charge in [0.05, 0.1) is 0 Å². The van der Waals surface area contributed by atoms with Crippen LogP contribution in [0.1, 0.15) is 29.5 Å². The Hall–Kier alpha value is -1.84. The molecule has 0 radical (unpaired) electrons. The Morgan fingerprint density at radius 3 is 2.43 bits per heavy atom. The largest absolute Gasteiger partial charge is 0.457 e. The molecule has 0 aromatic heterocycles. The van der Waals surface area contributed by atoms with Gasteiger partial charge in [-0.05, 0) is 74.7 Å². The summed E-state index contributed by atoms with van der Waals surface area (Å²) in [5, 5.41) is 0. The first-order valence-corrected chi connectivity index (χ1v) is 8.43. The molecule has 1 aliphatic heterocycles. The highest BCUT2D eigenvalue weighted by atomic mass is 16.5. The molecule has 0 spiro atoms. The Morgan fingerprint density at radius 2 is 1.74 bits per heavy atom. The number of ether oxygens (including phenoxy) is 1. The van der Waals surface area contributed by atoms with E-state index in [9.17, 15) is 0 Å². The van der Waals surface area contributed by atoms with Gasteiger partial charge in [0.15, 0.2) is 0 Å². The lowest BCUT2D eigenvalue weighted by Crippen LogP contribution is -2.39. The van der Waals surface area contributed by atoms with Crippen molar-refractivity contribution in [3.05, 3.63) is 59.2 Å². The first-order valence-electron chi connectivity index (χ1n) is 8.43. The van der Waals surface area contributed by atoms with E-state index in [1.807, 2.05) is 12.1 Å². The highest BCUT2D eigenvalue weighted by Gasteiger charge is 2.15. The summed E-state index contributed by atoms with van der Waals surface area (Å²) in [6, 6.07) is 15.0. The zero-order valence-electron chi connectivity index (χ0n) is 14.1. The van der Waals surface area contributed by atoms with Crippen LogP contribution in [0.5, 0.6) is 11.5 Å². The van der Waals surface area contributed by atoms with Crippen molar-refractivity contribution in [2.45, 2.75) is 39.3 Å². The van der Waals surface area contributed by atoms with Gasteiger partial charge in [-0.15, -0.1) is 0 Å². The molecule has 0 aliphatic carbocycles. The molecule has 3 rings (SSSR count). The van der Waals surface area contributed by atoms with Crippen LogP contribution in [0.4, 0.5) is 0 Å². The van der Waals surface area contributed by atoms with Crippen LogP contribution >= 0.6 is 0 Å². The number of hydrogen-bond donors (Lipinski definition) is 1. The second kappa shape index (κ2) is 7.16. The third-order valence-electron chi connectivity index (χ3n) is 4.74. The molecule has 2 aromatic rings. The van der Waals surface area contributed by atoms with Gasteiger partial charge < -0.3 is 10.5 Å². The lowest BCUT2D eigenvalue weighted by Gasteiger charge is -2.30. The van der Waals surface area contributed by atoms with Crippen molar-refractivity contribution in [3.63, 3.8) is 0 Å². The van der Waals surface area contributed by atoms with Crippen LogP contribution in [-0.4, -0.2) is 24.0 Å². The normalized spacial score (nSPS) is 16.5. The second-order valence-electron chi connectivity index (χ2n) is 6.56. The number of nitrogens with two attached hydrogens (primary N) is 1. The number of benzene rings is 2. The Balaban J connectivity index is 1.62. The second-order valence-corrected chi connectivity index (χ2v) is 6.56. The molecule has 2 N–H and O–H groups in total. The monoisotopic (exact) mass is 310 g/mol. The highest BCUT2D eigenvalue weighted by Crippen LogP contribution is 2.27. The van der Waals surface area contributed by atoms with E-state index in [4.69, 9.17) is 10.5 Å². The van der Waals surface area contributed by atoms with Crippen molar-refractivity contribution in [1.29, 1.82) is 0 Å². The molecule has 0 atom stereocenters. The summed E-state index contributed by atoms with van der Waals surface area (Å²) in [5.74, 6) is 1.82. The van der Waals surface area contributed by atoms with Gasteiger partial charge in [0, 0.05) is 12.6 Å². The minimum Gasteiger partial charge on any atom is -0.457 e. The zero-order chi connectivity index (χ0) is 16.2. The lowest BCUT2D eigenvalue weighted by atomic mass is 10.1. The van der Waals surface area contributed by atoms with Gasteiger partial charge in [0.2, 0.25) is 0 Å². The molecule has 1 heterocycles. The van der Waals surface area contributed by atoms with Crippen LogP contribution in [-0.2, 0) is 6.54 Å². The SMILES string of the molecule is Cc1cccc(Oc2ccc(CN3CCC(N)CC3)cc2)c1C. The Kier molecular flexibility index (Phi) is 4.99. The molecule has 1 aliphatic rings. The van der Waals surface area contributed by atoms with Crippen LogP contribution in [0.25, 0.3) is 0 Å². The average molecular weight is 310 g/mol. The minimum atomic E-state index is 0.389. The van der Waals surface area contributed by atoms with Gasteiger partial charge in [-0.1, -0.05) is 24.3 Å². The third kappa shape index (κ3) is 4.12. The zero-order valence-corrected chi connectivity index (χ0v) is 14.1. The molecule has 2 aromatic carbocycles. The van der Waals surface area contributed by atoms with E-state index >= 15 is 0 Å². The molecule has 122 valence electrons. The topological polar surface area (TPSA) is 38.5 Å². The van der Waals surface area contributed by atoms with Gasteiger partial charge in [0.1, 0.15) is 11.5 Å². The molecule has 3 nitrogen and oxygen atoms in total. The van der Waals surface area contributed by atoms with Crippen LogP contribution in [0.3, 0.4) is 0 Å². The molecule has 23 heavy (non-hydrogen) atoms. The van der Waals surface area contributed by atoms with E-state index in [1.165, 1.54) is 16.7 Å². The van der Waals surface area contributed by atoms with Crippen LogP contribution in [0, 0.1) is 13.8 Å². The van der Waals surface area contributed by atoms with Gasteiger partial charge in [-0.2, -0.15) is 0 Å². The number of nitrogens with zero attached hydrogens (tertiary/aromatic N) is 1. The Labute approximate surface area is 139 Å². The fourth-order valence-corrected chi connectivity index (χ4v) is 2.99. The fraction of sp³-hybridized carbons (Fsp3) is 0.400. The molecule has 3 heteroatoms. The lowest BCUT2D eigenvalue weighted by molar-refractivity contribution is 0.205. The maximum absolute atomic E-state index is 6.02. The van der Waals surface area contributed by atoms with E-state index in [0.29, 0.717) is 6.04 Å². The number of hydrogen-bond acceptors (Lipinski definition) is 3. The summed E-state index contributed by atoms with van der Waals surface area (Å²) >= 11 is 0. The maximum atomic E-state index is 6.02. The van der Waals surface area contributed by atoms with Crippen molar-refractivity contribution >= 4 is 0 Å². The Morgan fingerprint density at radius 1 is 1.04 bits per heavy atom. The smallest absolute Gasteiger partial charge is 0.130 e. The molecular formula is C20H26N2O. The van der Waals surface area contributed by atoms with Gasteiger partial charge in [-0.25, -0.2) is 0 Å². The van der Waals surface area contributed by atoms with E-state index in [-0.39, 0.29) is 0 Å². The van der Waals surface area contributed by atoms with Crippen molar-refractivity contribution in [2.24, 2.45) is 5.73 Å². The number of rotatable bonds is 4. The predicted molar refractivity (Wildman–Crippen MR) is 94.9 cm³/mol. The van der Waals surface area contributed by atoms with E-state index in [1.54, 1.807) is 0 Å². The van der Waals surface area contributed by atoms with Crippen LogP contribution < -0.4 is 10.5 Å². The average Bonchev–Trinajstić information content (AvgIpc) is 2.56. The molecule has 0 unspecified atom stereocenters. The summed E-state index contributed by atoms with van der Waals surface area (Å²) in [5.41, 5.74) is 9.74. The summed E-state index contributed by atoms with van der Waals surface area (Å²) in [6.07, 6.45) is 2.21. The first-order chi connectivity index (χ1) is 11.1. The standard InChI is InChI=1S/C20H26N2O/c1-15-4-3-5-20(16(15)2)23-19-8-6-17(7-9-19)14-22-12-10-18(21)11-13-22/h3-9,18H,10-14,21H2,1-2H3. The van der Waals surface area contributed by atoms with E-state index in [0.717, 1.165) is 44.0 Å². The molecule has 0 amide bonds. The molecule has 1 fully saturated rings. The van der Waals surface area contributed by atoms with E-state index < -0.39 is 0 Å². The summed E-state index contributed by atoms with van der Waals surface area (Å²) in [4.78, 5) is 2.48.